The molecule has 4 heteroatoms. The summed E-state index contributed by atoms with van der Waals surface area (Å²) in [7, 11) is 0. The number of benzene rings is 1. The third-order valence-electron chi connectivity index (χ3n) is 2.44. The molecule has 0 aliphatic carbocycles. The molecular formula is C13H14ClNOS. The maximum Gasteiger partial charge on any atom is 0.0737 e. The number of rotatable bonds is 5. The first-order valence-corrected chi connectivity index (χ1v) is 6.65. The van der Waals surface area contributed by atoms with Gasteiger partial charge in [-0.15, -0.1) is 11.3 Å². The summed E-state index contributed by atoms with van der Waals surface area (Å²) in [5, 5.41) is 2.73. The summed E-state index contributed by atoms with van der Waals surface area (Å²) in [6.45, 7) is 1.25. The number of halogens is 1. The molecule has 0 saturated carbocycles. The van der Waals surface area contributed by atoms with E-state index >= 15 is 0 Å². The van der Waals surface area contributed by atoms with Gasteiger partial charge in [-0.3, -0.25) is 0 Å². The van der Waals surface area contributed by atoms with Crippen LogP contribution in [0.25, 0.3) is 0 Å². The van der Waals surface area contributed by atoms with Crippen LogP contribution in [0.1, 0.15) is 10.4 Å². The minimum Gasteiger partial charge on any atom is -0.398 e. The van der Waals surface area contributed by atoms with Crippen LogP contribution in [-0.2, 0) is 17.8 Å². The van der Waals surface area contributed by atoms with Crippen LogP contribution >= 0.6 is 22.9 Å². The molecule has 1 aromatic carbocycles. The number of hydrogen-bond donors (Lipinski definition) is 1. The van der Waals surface area contributed by atoms with Gasteiger partial charge in [-0.25, -0.2) is 0 Å². The predicted octanol–water partition coefficient (Wildman–Crippen LogP) is 3.74. The maximum atomic E-state index is 5.84. The lowest BCUT2D eigenvalue weighted by Crippen LogP contribution is -2.01. The first-order chi connectivity index (χ1) is 8.25. The van der Waals surface area contributed by atoms with Crippen molar-refractivity contribution >= 4 is 28.6 Å². The number of ether oxygens (including phenoxy) is 1. The number of hydrogen-bond acceptors (Lipinski definition) is 3. The first kappa shape index (κ1) is 12.4. The first-order valence-electron chi connectivity index (χ1n) is 5.40. The normalized spacial score (nSPS) is 10.6. The van der Waals surface area contributed by atoms with Crippen LogP contribution in [-0.4, -0.2) is 6.61 Å². The highest BCUT2D eigenvalue weighted by atomic mass is 35.5. The fourth-order valence-electron chi connectivity index (χ4n) is 1.51. The standard InChI is InChI=1S/C13H14ClNOS/c14-11-4-3-10(13(15)8-11)9-16-6-5-12-2-1-7-17-12/h1-4,7-8H,5-6,9,15H2. The average Bonchev–Trinajstić information content (AvgIpc) is 2.79. The van der Waals surface area contributed by atoms with Crippen molar-refractivity contribution in [1.82, 2.24) is 0 Å². The molecule has 90 valence electrons. The van der Waals surface area contributed by atoms with Crippen LogP contribution in [0.5, 0.6) is 0 Å². The predicted molar refractivity (Wildman–Crippen MR) is 73.5 cm³/mol. The van der Waals surface area contributed by atoms with E-state index in [1.807, 2.05) is 12.1 Å². The van der Waals surface area contributed by atoms with Crippen molar-refractivity contribution in [3.63, 3.8) is 0 Å². The van der Waals surface area contributed by atoms with E-state index in [-0.39, 0.29) is 0 Å². The van der Waals surface area contributed by atoms with Crippen LogP contribution < -0.4 is 5.73 Å². The van der Waals surface area contributed by atoms with E-state index in [4.69, 9.17) is 22.1 Å². The van der Waals surface area contributed by atoms with E-state index in [0.29, 0.717) is 23.9 Å². The zero-order chi connectivity index (χ0) is 12.1. The van der Waals surface area contributed by atoms with Crippen molar-refractivity contribution in [3.05, 3.63) is 51.2 Å². The molecule has 1 aromatic heterocycles. The Morgan fingerprint density at radius 1 is 1.29 bits per heavy atom. The van der Waals surface area contributed by atoms with Crippen molar-refractivity contribution in [3.8, 4) is 0 Å². The number of nitrogen functional groups attached to an aromatic ring is 1. The molecule has 17 heavy (non-hydrogen) atoms. The van der Waals surface area contributed by atoms with Gasteiger partial charge >= 0.3 is 0 Å². The van der Waals surface area contributed by atoms with E-state index in [0.717, 1.165) is 12.0 Å². The monoisotopic (exact) mass is 267 g/mol. The Morgan fingerprint density at radius 3 is 2.88 bits per heavy atom. The highest BCUT2D eigenvalue weighted by Gasteiger charge is 2.00. The second-order valence-corrected chi connectivity index (χ2v) is 5.19. The SMILES string of the molecule is Nc1cc(Cl)ccc1COCCc1cccs1. The summed E-state index contributed by atoms with van der Waals surface area (Å²) < 4.78 is 5.60. The lowest BCUT2D eigenvalue weighted by atomic mass is 10.2. The van der Waals surface area contributed by atoms with Crippen molar-refractivity contribution in [1.29, 1.82) is 0 Å². The molecule has 0 spiro atoms. The molecule has 0 unspecified atom stereocenters. The summed E-state index contributed by atoms with van der Waals surface area (Å²) in [6, 6.07) is 9.65. The molecule has 0 radical (unpaired) electrons. The highest BCUT2D eigenvalue weighted by molar-refractivity contribution is 7.09. The van der Waals surface area contributed by atoms with Gasteiger partial charge in [-0.05, 0) is 23.6 Å². The molecule has 2 nitrogen and oxygen atoms in total. The molecule has 0 atom stereocenters. The summed E-state index contributed by atoms with van der Waals surface area (Å²) >= 11 is 7.58. The molecule has 2 aromatic rings. The van der Waals surface area contributed by atoms with E-state index in [9.17, 15) is 0 Å². The van der Waals surface area contributed by atoms with Crippen molar-refractivity contribution in [2.75, 3.05) is 12.3 Å². The molecular weight excluding hydrogens is 254 g/mol. The second kappa shape index (κ2) is 6.05. The fourth-order valence-corrected chi connectivity index (χ4v) is 2.38. The Labute approximate surface area is 110 Å². The quantitative estimate of drug-likeness (QED) is 0.662. The maximum absolute atomic E-state index is 5.84. The van der Waals surface area contributed by atoms with E-state index in [1.54, 1.807) is 17.4 Å². The van der Waals surface area contributed by atoms with E-state index in [2.05, 4.69) is 17.5 Å². The minimum atomic E-state index is 0.536. The Morgan fingerprint density at radius 2 is 2.18 bits per heavy atom. The second-order valence-electron chi connectivity index (χ2n) is 3.73. The lowest BCUT2D eigenvalue weighted by Gasteiger charge is -2.07. The van der Waals surface area contributed by atoms with Crippen molar-refractivity contribution in [2.45, 2.75) is 13.0 Å². The molecule has 2 rings (SSSR count). The third kappa shape index (κ3) is 3.73. The topological polar surface area (TPSA) is 35.2 Å². The zero-order valence-corrected chi connectivity index (χ0v) is 10.9. The van der Waals surface area contributed by atoms with Crippen LogP contribution in [0.2, 0.25) is 5.02 Å². The smallest absolute Gasteiger partial charge is 0.0737 e. The Kier molecular flexibility index (Phi) is 4.42. The van der Waals surface area contributed by atoms with E-state index < -0.39 is 0 Å². The van der Waals surface area contributed by atoms with Gasteiger partial charge in [0.25, 0.3) is 0 Å². The van der Waals surface area contributed by atoms with Crippen LogP contribution in [0.3, 0.4) is 0 Å². The van der Waals surface area contributed by atoms with Crippen LogP contribution in [0.15, 0.2) is 35.7 Å². The largest absolute Gasteiger partial charge is 0.398 e. The number of nitrogens with two attached hydrogens (primary N) is 1. The molecule has 0 aliphatic heterocycles. The Bertz CT molecular complexity index is 470. The van der Waals surface area contributed by atoms with Gasteiger partial charge in [-0.1, -0.05) is 23.7 Å². The van der Waals surface area contributed by atoms with Crippen molar-refractivity contribution in [2.24, 2.45) is 0 Å². The third-order valence-corrected chi connectivity index (χ3v) is 3.61. The van der Waals surface area contributed by atoms with Gasteiger partial charge in [0.1, 0.15) is 0 Å². The van der Waals surface area contributed by atoms with Crippen LogP contribution in [0, 0.1) is 0 Å². The van der Waals surface area contributed by atoms with Gasteiger partial charge in [0.2, 0.25) is 0 Å². The van der Waals surface area contributed by atoms with Gasteiger partial charge in [0, 0.05) is 27.6 Å². The molecule has 0 fully saturated rings. The van der Waals surface area contributed by atoms with Gasteiger partial charge < -0.3 is 10.5 Å². The summed E-state index contributed by atoms with van der Waals surface area (Å²) in [6.07, 6.45) is 0.950. The highest BCUT2D eigenvalue weighted by Crippen LogP contribution is 2.18. The lowest BCUT2D eigenvalue weighted by molar-refractivity contribution is 0.124. The summed E-state index contributed by atoms with van der Waals surface area (Å²) in [5.41, 5.74) is 7.51. The molecule has 0 bridgehead atoms. The minimum absolute atomic E-state index is 0.536. The van der Waals surface area contributed by atoms with Crippen LogP contribution in [0.4, 0.5) is 5.69 Å². The summed E-state index contributed by atoms with van der Waals surface area (Å²) in [5.74, 6) is 0. The molecule has 0 aliphatic rings. The molecule has 1 heterocycles. The Hall–Kier alpha value is -1.03. The number of thiophene rings is 1. The van der Waals surface area contributed by atoms with Crippen molar-refractivity contribution < 1.29 is 4.74 Å². The molecule has 0 saturated heterocycles. The van der Waals surface area contributed by atoms with Gasteiger partial charge in [0.15, 0.2) is 0 Å². The van der Waals surface area contributed by atoms with E-state index in [1.165, 1.54) is 4.88 Å². The molecule has 2 N–H and O–H groups in total. The Balaban J connectivity index is 1.78. The number of anilines is 1. The zero-order valence-electron chi connectivity index (χ0n) is 9.36. The van der Waals surface area contributed by atoms with Gasteiger partial charge in [-0.2, -0.15) is 0 Å². The summed E-state index contributed by atoms with van der Waals surface area (Å²) in [4.78, 5) is 1.34. The van der Waals surface area contributed by atoms with Gasteiger partial charge in [0.05, 0.1) is 13.2 Å². The average molecular weight is 268 g/mol. The fraction of sp³-hybridized carbons (Fsp3) is 0.231. The molecule has 0 amide bonds.